The summed E-state index contributed by atoms with van der Waals surface area (Å²) in [6.07, 6.45) is 8.05. The monoisotopic (exact) mass is 484 g/mol. The second-order valence-corrected chi connectivity index (χ2v) is 10.6. The normalized spacial score (nSPS) is 36.2. The van der Waals surface area contributed by atoms with E-state index in [-0.39, 0.29) is 54.6 Å². The first-order chi connectivity index (χ1) is 16.6. The molecule has 0 spiro atoms. The maximum absolute atomic E-state index is 13.8. The molecule has 1 aromatic heterocycles. The molecule has 0 bridgehead atoms. The molecule has 1 aromatic rings. The highest BCUT2D eigenvalue weighted by atomic mass is 16.5. The predicted molar refractivity (Wildman–Crippen MR) is 128 cm³/mol. The van der Waals surface area contributed by atoms with Crippen molar-refractivity contribution in [3.05, 3.63) is 47.5 Å². The van der Waals surface area contributed by atoms with Gasteiger partial charge >= 0.3 is 11.9 Å². The molecule has 35 heavy (non-hydrogen) atoms. The average Bonchev–Trinajstić information content (AvgIpc) is 3.53. The summed E-state index contributed by atoms with van der Waals surface area (Å²) in [7, 11) is 2.70. The van der Waals surface area contributed by atoms with E-state index in [2.05, 4.69) is 20.8 Å². The number of furan rings is 1. The van der Waals surface area contributed by atoms with Crippen LogP contribution in [-0.2, 0) is 28.6 Å². The fourth-order valence-corrected chi connectivity index (χ4v) is 7.08. The molecule has 0 N–H and O–H groups in total. The van der Waals surface area contributed by atoms with E-state index in [9.17, 15) is 14.4 Å². The Balaban J connectivity index is 1.78. The minimum atomic E-state index is -0.842. The molecule has 1 saturated carbocycles. The van der Waals surface area contributed by atoms with Crippen molar-refractivity contribution in [1.29, 1.82) is 0 Å². The number of methoxy groups -OCH3 is 2. The molecule has 7 heteroatoms. The molecular weight excluding hydrogens is 448 g/mol. The third-order valence-electron chi connectivity index (χ3n) is 9.19. The van der Waals surface area contributed by atoms with Crippen LogP contribution in [0.2, 0.25) is 0 Å². The van der Waals surface area contributed by atoms with Crippen LogP contribution in [0.5, 0.6) is 0 Å². The summed E-state index contributed by atoms with van der Waals surface area (Å²) < 4.78 is 21.8. The summed E-state index contributed by atoms with van der Waals surface area (Å²) in [4.78, 5) is 38.1. The fraction of sp³-hybridized carbons (Fsp3) is 0.607. The third kappa shape index (κ3) is 3.98. The fourth-order valence-electron chi connectivity index (χ4n) is 7.08. The first-order valence-corrected chi connectivity index (χ1v) is 12.3. The molecule has 2 aliphatic carbocycles. The summed E-state index contributed by atoms with van der Waals surface area (Å²) in [6.45, 7) is 8.33. The summed E-state index contributed by atoms with van der Waals surface area (Å²) in [6, 6.07) is 1.99. The highest BCUT2D eigenvalue weighted by Crippen LogP contribution is 2.66. The van der Waals surface area contributed by atoms with Crippen LogP contribution in [0.15, 0.2) is 46.3 Å². The van der Waals surface area contributed by atoms with Crippen LogP contribution < -0.4 is 0 Å². The largest absolute Gasteiger partial charge is 0.472 e. The molecule has 7 atom stereocenters. The molecule has 4 rings (SSSR count). The standard InChI is InChI=1S/C28H36O7/c1-16-12-23-28(4,26-17(2)19(13-20(26)35-23)18-10-11-34-15-18)21(14-25(31)33-6)27(16,3)22(29)8-7-9-24(30)32-5/h7-8,10-11,15-16,19-21,23H,9,12-14H2,1-6H3/b8-7-/t16-,19-,20-,21-,23-,27+,28+/m1/s1. The van der Waals surface area contributed by atoms with Crippen LogP contribution in [-0.4, -0.2) is 44.1 Å². The van der Waals surface area contributed by atoms with Crippen molar-refractivity contribution in [2.45, 2.75) is 71.5 Å². The Kier molecular flexibility index (Phi) is 6.84. The molecule has 2 fully saturated rings. The van der Waals surface area contributed by atoms with Crippen LogP contribution in [0, 0.1) is 22.7 Å². The SMILES string of the molecule is COC(=O)C/C=C\C(=O)[C@]1(C)[C@@H](CC(=O)OC)[C@]2(C)C3=C(C)[C@H](c4ccoc4)C[C@H]3O[C@@H]2C[C@H]1C. The number of hydrogen-bond acceptors (Lipinski definition) is 7. The van der Waals surface area contributed by atoms with Crippen LogP contribution in [0.25, 0.3) is 0 Å². The van der Waals surface area contributed by atoms with Gasteiger partial charge in [0.2, 0.25) is 0 Å². The van der Waals surface area contributed by atoms with Gasteiger partial charge in [-0.05, 0) is 54.9 Å². The van der Waals surface area contributed by atoms with Gasteiger partial charge in [-0.2, -0.15) is 0 Å². The van der Waals surface area contributed by atoms with Gasteiger partial charge in [-0.25, -0.2) is 0 Å². The smallest absolute Gasteiger partial charge is 0.309 e. The van der Waals surface area contributed by atoms with Gasteiger partial charge in [0.05, 0.1) is 51.8 Å². The van der Waals surface area contributed by atoms with Gasteiger partial charge in [-0.15, -0.1) is 0 Å². The van der Waals surface area contributed by atoms with E-state index in [1.807, 2.05) is 13.0 Å². The topological polar surface area (TPSA) is 92.0 Å². The Morgan fingerprint density at radius 3 is 2.49 bits per heavy atom. The van der Waals surface area contributed by atoms with E-state index in [1.165, 1.54) is 31.4 Å². The van der Waals surface area contributed by atoms with E-state index in [4.69, 9.17) is 18.6 Å². The number of allylic oxidation sites excluding steroid dienone is 2. The van der Waals surface area contributed by atoms with Crippen molar-refractivity contribution in [3.63, 3.8) is 0 Å². The van der Waals surface area contributed by atoms with Crippen molar-refractivity contribution >= 4 is 17.7 Å². The lowest BCUT2D eigenvalue weighted by Crippen LogP contribution is -2.57. The van der Waals surface area contributed by atoms with Gasteiger partial charge in [-0.1, -0.05) is 32.4 Å². The van der Waals surface area contributed by atoms with Gasteiger partial charge in [0.25, 0.3) is 0 Å². The Morgan fingerprint density at radius 2 is 1.86 bits per heavy atom. The van der Waals surface area contributed by atoms with E-state index in [1.54, 1.807) is 18.6 Å². The zero-order valence-corrected chi connectivity index (χ0v) is 21.5. The lowest BCUT2D eigenvalue weighted by atomic mass is 9.47. The first-order valence-electron chi connectivity index (χ1n) is 12.3. The van der Waals surface area contributed by atoms with E-state index in [0.717, 1.165) is 12.0 Å². The predicted octanol–water partition coefficient (Wildman–Crippen LogP) is 4.77. The molecule has 190 valence electrons. The molecule has 1 saturated heterocycles. The maximum atomic E-state index is 13.8. The zero-order valence-electron chi connectivity index (χ0n) is 21.5. The molecule has 3 aliphatic rings. The molecule has 7 nitrogen and oxygen atoms in total. The first kappa shape index (κ1) is 25.4. The number of carbonyl (C=O) groups is 3. The van der Waals surface area contributed by atoms with Crippen molar-refractivity contribution < 1.29 is 33.0 Å². The highest BCUT2D eigenvalue weighted by Gasteiger charge is 2.66. The number of rotatable bonds is 7. The minimum absolute atomic E-state index is 0.0239. The van der Waals surface area contributed by atoms with Crippen LogP contribution in [0.1, 0.15) is 64.9 Å². The minimum Gasteiger partial charge on any atom is -0.472 e. The maximum Gasteiger partial charge on any atom is 0.309 e. The van der Waals surface area contributed by atoms with Crippen LogP contribution >= 0.6 is 0 Å². The van der Waals surface area contributed by atoms with Gasteiger partial charge in [0.1, 0.15) is 0 Å². The Hall–Kier alpha value is -2.67. The number of ketones is 1. The second-order valence-electron chi connectivity index (χ2n) is 10.6. The van der Waals surface area contributed by atoms with Gasteiger partial charge in [-0.3, -0.25) is 14.4 Å². The number of ether oxygens (including phenoxy) is 3. The zero-order chi connectivity index (χ0) is 25.5. The third-order valence-corrected chi connectivity index (χ3v) is 9.19. The van der Waals surface area contributed by atoms with E-state index in [0.29, 0.717) is 6.42 Å². The number of hydrogen-bond donors (Lipinski definition) is 0. The molecule has 0 radical (unpaired) electrons. The van der Waals surface area contributed by atoms with Crippen LogP contribution in [0.4, 0.5) is 0 Å². The van der Waals surface area contributed by atoms with Gasteiger partial charge in [0.15, 0.2) is 5.78 Å². The number of fused-ring (bicyclic) bond motifs is 3. The van der Waals surface area contributed by atoms with Crippen LogP contribution in [0.3, 0.4) is 0 Å². The van der Waals surface area contributed by atoms with Gasteiger partial charge < -0.3 is 18.6 Å². The summed E-state index contributed by atoms with van der Waals surface area (Å²) in [5.41, 5.74) is 2.22. The molecule has 2 heterocycles. The summed E-state index contributed by atoms with van der Waals surface area (Å²) in [5.74, 6) is -1.01. The molecule has 0 amide bonds. The average molecular weight is 485 g/mol. The highest BCUT2D eigenvalue weighted by molar-refractivity contribution is 5.96. The van der Waals surface area contributed by atoms with Crippen molar-refractivity contribution in [3.8, 4) is 0 Å². The summed E-state index contributed by atoms with van der Waals surface area (Å²) in [5, 5.41) is 0. The lowest BCUT2D eigenvalue weighted by Gasteiger charge is -2.55. The molecule has 0 aromatic carbocycles. The Morgan fingerprint density at radius 1 is 1.14 bits per heavy atom. The molecule has 0 unspecified atom stereocenters. The second kappa shape index (κ2) is 9.41. The van der Waals surface area contributed by atoms with E-state index < -0.39 is 16.8 Å². The molecular formula is C28H36O7. The summed E-state index contributed by atoms with van der Waals surface area (Å²) >= 11 is 0. The van der Waals surface area contributed by atoms with Crippen molar-refractivity contribution in [2.75, 3.05) is 14.2 Å². The van der Waals surface area contributed by atoms with E-state index >= 15 is 0 Å². The van der Waals surface area contributed by atoms with Gasteiger partial charge in [0, 0.05) is 16.7 Å². The Bertz CT molecular complexity index is 1050. The van der Waals surface area contributed by atoms with Crippen molar-refractivity contribution in [2.24, 2.45) is 22.7 Å². The lowest BCUT2D eigenvalue weighted by molar-refractivity contribution is -0.159. The van der Waals surface area contributed by atoms with Crippen molar-refractivity contribution in [1.82, 2.24) is 0 Å². The Labute approximate surface area is 206 Å². The molecule has 1 aliphatic heterocycles. The quantitative estimate of drug-likeness (QED) is 0.313. The number of esters is 2. The number of carbonyl (C=O) groups excluding carboxylic acids is 3.